The van der Waals surface area contributed by atoms with E-state index in [4.69, 9.17) is 24.2 Å². The van der Waals surface area contributed by atoms with Crippen LogP contribution >= 0.6 is 11.3 Å². The van der Waals surface area contributed by atoms with E-state index in [-0.39, 0.29) is 6.79 Å². The molecule has 7 rings (SSSR count). The SMILES string of the molecule is COc1ccc2cc3[n+](cc2c1OCCCCCNc1nc2ccc(C#N)cc2s1)CCc1cc2c(cc1-3)OCO2. The second-order valence-corrected chi connectivity index (χ2v) is 11.2. The van der Waals surface area contributed by atoms with Crippen molar-refractivity contribution in [2.75, 3.05) is 32.4 Å². The molecule has 3 aromatic carbocycles. The summed E-state index contributed by atoms with van der Waals surface area (Å²) >= 11 is 1.58. The van der Waals surface area contributed by atoms with Crippen LogP contribution in [0, 0.1) is 11.3 Å². The number of nitrogens with one attached hydrogen (secondary N) is 1. The van der Waals surface area contributed by atoms with Crippen LogP contribution in [0.15, 0.2) is 54.7 Å². The van der Waals surface area contributed by atoms with E-state index in [1.54, 1.807) is 24.5 Å². The molecule has 41 heavy (non-hydrogen) atoms. The Hall–Kier alpha value is -4.55. The standard InChI is InChI=1S/C32H29N4O4S/c1-37-27-8-6-21-14-26-23-16-29-28(39-19-40-29)15-22(23)9-11-36(26)18-24(21)31(27)38-12-4-2-3-10-34-32-35-25-7-5-20(17-33)13-30(25)41-32/h5-8,13-16,18H,2-4,9-12,19H2,1H3,(H,34,35)/q+1. The number of anilines is 1. The number of hydrogen-bond acceptors (Lipinski definition) is 8. The smallest absolute Gasteiger partial charge is 0.231 e. The quantitative estimate of drug-likeness (QED) is 0.167. The van der Waals surface area contributed by atoms with Crippen LogP contribution in [0.25, 0.3) is 32.2 Å². The first-order valence-electron chi connectivity index (χ1n) is 13.8. The molecule has 206 valence electrons. The first kappa shape index (κ1) is 25.4. The molecular formula is C32H29N4O4S+. The minimum absolute atomic E-state index is 0.279. The summed E-state index contributed by atoms with van der Waals surface area (Å²) in [6.45, 7) is 2.62. The Kier molecular flexibility index (Phi) is 6.69. The molecule has 5 aromatic rings. The number of aryl methyl sites for hydroxylation is 2. The third kappa shape index (κ3) is 4.85. The number of nitriles is 1. The van der Waals surface area contributed by atoms with Crippen molar-refractivity contribution in [2.45, 2.75) is 32.2 Å². The van der Waals surface area contributed by atoms with Crippen molar-refractivity contribution in [2.24, 2.45) is 0 Å². The maximum absolute atomic E-state index is 9.10. The van der Waals surface area contributed by atoms with Gasteiger partial charge in [0.2, 0.25) is 12.5 Å². The largest absolute Gasteiger partial charge is 0.493 e. The molecule has 0 bridgehead atoms. The molecule has 0 atom stereocenters. The van der Waals surface area contributed by atoms with Crippen LogP contribution in [-0.2, 0) is 13.0 Å². The molecule has 8 nitrogen and oxygen atoms in total. The van der Waals surface area contributed by atoms with Gasteiger partial charge in [-0.25, -0.2) is 4.98 Å². The van der Waals surface area contributed by atoms with Crippen LogP contribution in [0.2, 0.25) is 0 Å². The van der Waals surface area contributed by atoms with Gasteiger partial charge in [0.05, 0.1) is 46.5 Å². The van der Waals surface area contributed by atoms with E-state index in [0.29, 0.717) is 12.2 Å². The third-order valence-electron chi connectivity index (χ3n) is 7.66. The minimum atomic E-state index is 0.279. The lowest BCUT2D eigenvalue weighted by molar-refractivity contribution is -0.686. The zero-order valence-corrected chi connectivity index (χ0v) is 23.6. The predicted molar refractivity (Wildman–Crippen MR) is 158 cm³/mol. The van der Waals surface area contributed by atoms with Crippen molar-refractivity contribution in [3.8, 4) is 40.3 Å². The molecule has 2 aromatic heterocycles. The number of hydrogen-bond donors (Lipinski definition) is 1. The van der Waals surface area contributed by atoms with E-state index in [0.717, 1.165) is 87.9 Å². The number of fused-ring (bicyclic) bond motifs is 6. The fourth-order valence-corrected chi connectivity index (χ4v) is 6.48. The van der Waals surface area contributed by atoms with E-state index in [2.05, 4.69) is 51.4 Å². The molecule has 0 radical (unpaired) electrons. The molecule has 0 fully saturated rings. The van der Waals surface area contributed by atoms with Crippen molar-refractivity contribution in [3.63, 3.8) is 0 Å². The van der Waals surface area contributed by atoms with Gasteiger partial charge in [-0.15, -0.1) is 0 Å². The summed E-state index contributed by atoms with van der Waals surface area (Å²) in [5.74, 6) is 3.18. The monoisotopic (exact) mass is 565 g/mol. The van der Waals surface area contributed by atoms with Gasteiger partial charge in [-0.2, -0.15) is 9.83 Å². The highest BCUT2D eigenvalue weighted by molar-refractivity contribution is 7.22. The number of thiazole rings is 1. The Labute approximate surface area is 241 Å². The number of benzene rings is 3. The minimum Gasteiger partial charge on any atom is -0.493 e. The number of rotatable bonds is 9. The van der Waals surface area contributed by atoms with Gasteiger partial charge < -0.3 is 24.3 Å². The zero-order valence-electron chi connectivity index (χ0n) is 22.7. The molecule has 4 heterocycles. The van der Waals surface area contributed by atoms with Gasteiger partial charge in [-0.1, -0.05) is 11.3 Å². The maximum atomic E-state index is 9.10. The van der Waals surface area contributed by atoms with Gasteiger partial charge in [0.25, 0.3) is 0 Å². The molecule has 0 aliphatic carbocycles. The Morgan fingerprint density at radius 1 is 1.07 bits per heavy atom. The summed E-state index contributed by atoms with van der Waals surface area (Å²) in [6.07, 6.45) is 6.10. The maximum Gasteiger partial charge on any atom is 0.231 e. The number of pyridine rings is 1. The lowest BCUT2D eigenvalue weighted by Gasteiger charge is -2.18. The van der Waals surface area contributed by atoms with E-state index in [1.807, 2.05) is 18.2 Å². The lowest BCUT2D eigenvalue weighted by atomic mass is 9.95. The third-order valence-corrected chi connectivity index (χ3v) is 8.63. The first-order valence-corrected chi connectivity index (χ1v) is 14.7. The van der Waals surface area contributed by atoms with Crippen LogP contribution in [-0.4, -0.2) is 32.0 Å². The number of unbranched alkanes of at least 4 members (excludes halogenated alkanes) is 2. The van der Waals surface area contributed by atoms with Gasteiger partial charge in [-0.3, -0.25) is 0 Å². The summed E-state index contributed by atoms with van der Waals surface area (Å²) in [4.78, 5) is 4.61. The van der Waals surface area contributed by atoms with Crippen LogP contribution in [0.5, 0.6) is 23.0 Å². The number of aromatic nitrogens is 2. The van der Waals surface area contributed by atoms with Crippen molar-refractivity contribution in [1.29, 1.82) is 5.26 Å². The Bertz CT molecular complexity index is 1830. The lowest BCUT2D eigenvalue weighted by Crippen LogP contribution is -2.40. The summed E-state index contributed by atoms with van der Waals surface area (Å²) in [5.41, 5.74) is 5.22. The molecule has 0 spiro atoms. The van der Waals surface area contributed by atoms with E-state index in [1.165, 1.54) is 16.8 Å². The van der Waals surface area contributed by atoms with E-state index < -0.39 is 0 Å². The highest BCUT2D eigenvalue weighted by atomic mass is 32.1. The van der Waals surface area contributed by atoms with Gasteiger partial charge in [0.1, 0.15) is 0 Å². The summed E-state index contributed by atoms with van der Waals surface area (Å²) in [7, 11) is 1.69. The molecule has 2 aliphatic heterocycles. The van der Waals surface area contributed by atoms with Crippen LogP contribution in [0.1, 0.15) is 30.4 Å². The fourth-order valence-electron chi connectivity index (χ4n) is 5.55. The zero-order chi connectivity index (χ0) is 27.8. The summed E-state index contributed by atoms with van der Waals surface area (Å²) in [5, 5.41) is 15.6. The van der Waals surface area contributed by atoms with Gasteiger partial charge >= 0.3 is 0 Å². The molecule has 2 aliphatic rings. The molecule has 0 unspecified atom stereocenters. The van der Waals surface area contributed by atoms with Crippen molar-refractivity contribution >= 4 is 37.5 Å². The molecular weight excluding hydrogens is 536 g/mol. The van der Waals surface area contributed by atoms with Gasteiger partial charge in [0, 0.05) is 19.0 Å². The summed E-state index contributed by atoms with van der Waals surface area (Å²) in [6, 6.07) is 18.3. The average molecular weight is 566 g/mol. The highest BCUT2D eigenvalue weighted by Gasteiger charge is 2.28. The Morgan fingerprint density at radius 3 is 2.85 bits per heavy atom. The van der Waals surface area contributed by atoms with Crippen LogP contribution in [0.4, 0.5) is 5.13 Å². The first-order chi connectivity index (χ1) is 20.2. The fraction of sp³-hybridized carbons (Fsp3) is 0.281. The van der Waals surface area contributed by atoms with Crippen LogP contribution < -0.4 is 28.8 Å². The molecule has 1 N–H and O–H groups in total. The molecule has 0 saturated carbocycles. The molecule has 9 heteroatoms. The predicted octanol–water partition coefficient (Wildman–Crippen LogP) is 6.23. The van der Waals surface area contributed by atoms with E-state index >= 15 is 0 Å². The topological polar surface area (TPSA) is 89.5 Å². The highest BCUT2D eigenvalue weighted by Crippen LogP contribution is 2.41. The van der Waals surface area contributed by atoms with Gasteiger partial charge in [0.15, 0.2) is 40.9 Å². The van der Waals surface area contributed by atoms with E-state index in [9.17, 15) is 0 Å². The number of nitrogens with zero attached hydrogens (tertiary/aromatic N) is 3. The Balaban J connectivity index is 1.00. The van der Waals surface area contributed by atoms with Crippen molar-refractivity contribution in [1.82, 2.24) is 4.98 Å². The normalized spacial score (nSPS) is 13.1. The van der Waals surface area contributed by atoms with Gasteiger partial charge in [-0.05, 0) is 72.7 Å². The second kappa shape index (κ2) is 10.8. The number of ether oxygens (including phenoxy) is 4. The molecule has 0 amide bonds. The van der Waals surface area contributed by atoms with Crippen molar-refractivity contribution < 1.29 is 23.5 Å². The van der Waals surface area contributed by atoms with Crippen LogP contribution in [0.3, 0.4) is 0 Å². The Morgan fingerprint density at radius 2 is 1.98 bits per heavy atom. The number of methoxy groups -OCH3 is 1. The summed E-state index contributed by atoms with van der Waals surface area (Å²) < 4.78 is 26.6. The average Bonchev–Trinajstić information content (AvgIpc) is 3.64. The molecule has 0 saturated heterocycles. The second-order valence-electron chi connectivity index (χ2n) is 10.2. The van der Waals surface area contributed by atoms with Crippen molar-refractivity contribution in [3.05, 3.63) is 65.9 Å².